The molecule has 4 rings (SSSR count). The lowest BCUT2D eigenvalue weighted by Crippen LogP contribution is -2.49. The lowest BCUT2D eigenvalue weighted by Gasteiger charge is -2.22. The maximum absolute atomic E-state index is 13.6. The minimum absolute atomic E-state index is 0.0863. The predicted molar refractivity (Wildman–Crippen MR) is 150 cm³/mol. The van der Waals surface area contributed by atoms with E-state index in [1.54, 1.807) is 18.2 Å². The minimum Gasteiger partial charge on any atom is -0.497 e. The van der Waals surface area contributed by atoms with Gasteiger partial charge < -0.3 is 24.3 Å². The van der Waals surface area contributed by atoms with Crippen molar-refractivity contribution in [3.05, 3.63) is 77.9 Å². The molecule has 1 atom stereocenters. The standard InChI is InChI=1S/C29H28N4O9/c1-39-21-11-9-20(10-12-21)32-27(36)24(16-25(34)30-19-7-5-17(6-8-19)28(37)42-4)33(29(32)38)31-26(35)18-13-22(40-2)15-23(14-18)41-3/h5-15,24H,16H2,1-4H3,(H,30,34)(H,31,35)/t24-/m1/s1. The van der Waals surface area contributed by atoms with E-state index in [2.05, 4.69) is 15.5 Å². The molecular weight excluding hydrogens is 548 g/mol. The van der Waals surface area contributed by atoms with Gasteiger partial charge in [-0.25, -0.2) is 19.5 Å². The Bertz CT molecular complexity index is 1480. The fraction of sp³-hybridized carbons (Fsp3) is 0.207. The van der Waals surface area contributed by atoms with Crippen LogP contribution in [0.4, 0.5) is 16.2 Å². The van der Waals surface area contributed by atoms with Gasteiger partial charge in [0.15, 0.2) is 0 Å². The van der Waals surface area contributed by atoms with E-state index < -0.39 is 42.2 Å². The third-order valence-electron chi connectivity index (χ3n) is 6.35. The molecule has 42 heavy (non-hydrogen) atoms. The Hall–Kier alpha value is -5.59. The Labute approximate surface area is 240 Å². The molecule has 0 bridgehead atoms. The van der Waals surface area contributed by atoms with Crippen LogP contribution in [-0.4, -0.2) is 69.2 Å². The van der Waals surface area contributed by atoms with E-state index in [0.29, 0.717) is 22.9 Å². The van der Waals surface area contributed by atoms with Crippen LogP contribution >= 0.6 is 0 Å². The third kappa shape index (κ3) is 6.25. The first-order valence-corrected chi connectivity index (χ1v) is 12.5. The molecule has 1 heterocycles. The Balaban J connectivity index is 1.60. The van der Waals surface area contributed by atoms with Crippen LogP contribution in [0, 0.1) is 0 Å². The lowest BCUT2D eigenvalue weighted by atomic mass is 10.1. The predicted octanol–water partition coefficient (Wildman–Crippen LogP) is 3.01. The minimum atomic E-state index is -1.38. The number of hydrogen-bond acceptors (Lipinski definition) is 9. The molecule has 0 unspecified atom stereocenters. The molecule has 1 aliphatic rings. The van der Waals surface area contributed by atoms with Crippen LogP contribution in [0.3, 0.4) is 0 Å². The van der Waals surface area contributed by atoms with Crippen molar-refractivity contribution in [3.63, 3.8) is 0 Å². The van der Waals surface area contributed by atoms with Crippen molar-refractivity contribution in [2.75, 3.05) is 38.7 Å². The van der Waals surface area contributed by atoms with Crippen molar-refractivity contribution in [2.24, 2.45) is 0 Å². The molecule has 13 nitrogen and oxygen atoms in total. The zero-order valence-electron chi connectivity index (χ0n) is 23.2. The summed E-state index contributed by atoms with van der Waals surface area (Å²) in [6, 6.07) is 14.2. The van der Waals surface area contributed by atoms with Crippen molar-refractivity contribution in [1.29, 1.82) is 0 Å². The van der Waals surface area contributed by atoms with Gasteiger partial charge in [0.1, 0.15) is 23.3 Å². The number of nitrogens with one attached hydrogen (secondary N) is 2. The normalized spacial score (nSPS) is 14.3. The van der Waals surface area contributed by atoms with Gasteiger partial charge in [-0.3, -0.25) is 19.8 Å². The molecule has 5 amide bonds. The van der Waals surface area contributed by atoms with Gasteiger partial charge in [-0.1, -0.05) is 0 Å². The topological polar surface area (TPSA) is 153 Å². The van der Waals surface area contributed by atoms with Gasteiger partial charge in [0, 0.05) is 17.3 Å². The quantitative estimate of drug-likeness (QED) is 0.274. The van der Waals surface area contributed by atoms with E-state index in [1.807, 2.05) is 0 Å². The van der Waals surface area contributed by atoms with E-state index in [0.717, 1.165) is 9.91 Å². The number of benzene rings is 3. The zero-order chi connectivity index (χ0) is 30.4. The number of nitrogens with zero attached hydrogens (tertiary/aromatic N) is 2. The summed E-state index contributed by atoms with van der Waals surface area (Å²) in [6.07, 6.45) is -0.488. The number of ether oxygens (including phenoxy) is 4. The van der Waals surface area contributed by atoms with Crippen LogP contribution in [0.2, 0.25) is 0 Å². The molecule has 2 N–H and O–H groups in total. The number of hydrazine groups is 1. The Kier molecular flexibility index (Phi) is 8.90. The molecule has 3 aromatic carbocycles. The van der Waals surface area contributed by atoms with Crippen LogP contribution in [0.15, 0.2) is 66.7 Å². The van der Waals surface area contributed by atoms with Crippen LogP contribution < -0.4 is 29.9 Å². The van der Waals surface area contributed by atoms with Crippen molar-refractivity contribution >= 4 is 41.1 Å². The molecule has 0 aliphatic carbocycles. The summed E-state index contributed by atoms with van der Waals surface area (Å²) in [5.74, 6) is -1.47. The van der Waals surface area contributed by atoms with Gasteiger partial charge in [0.25, 0.3) is 11.8 Å². The van der Waals surface area contributed by atoms with E-state index >= 15 is 0 Å². The van der Waals surface area contributed by atoms with E-state index in [9.17, 15) is 24.0 Å². The van der Waals surface area contributed by atoms with Crippen LogP contribution in [0.5, 0.6) is 17.2 Å². The first-order chi connectivity index (χ1) is 20.2. The average Bonchev–Trinajstić information content (AvgIpc) is 3.24. The van der Waals surface area contributed by atoms with Gasteiger partial charge >= 0.3 is 12.0 Å². The number of imide groups is 1. The maximum Gasteiger partial charge on any atom is 0.350 e. The Morgan fingerprint density at radius 3 is 1.90 bits per heavy atom. The molecule has 218 valence electrons. The maximum atomic E-state index is 13.6. The van der Waals surface area contributed by atoms with Crippen molar-refractivity contribution in [3.8, 4) is 17.2 Å². The van der Waals surface area contributed by atoms with Gasteiger partial charge in [-0.15, -0.1) is 0 Å². The second-order valence-corrected chi connectivity index (χ2v) is 8.90. The Morgan fingerprint density at radius 2 is 1.36 bits per heavy atom. The molecule has 1 saturated heterocycles. The molecular formula is C29H28N4O9. The number of urea groups is 1. The zero-order valence-corrected chi connectivity index (χ0v) is 23.2. The second kappa shape index (κ2) is 12.7. The average molecular weight is 577 g/mol. The molecule has 3 aromatic rings. The largest absolute Gasteiger partial charge is 0.497 e. The van der Waals surface area contributed by atoms with Crippen molar-refractivity contribution < 1.29 is 42.9 Å². The van der Waals surface area contributed by atoms with Crippen molar-refractivity contribution in [1.82, 2.24) is 10.4 Å². The van der Waals surface area contributed by atoms with Gasteiger partial charge in [0.05, 0.1) is 46.1 Å². The fourth-order valence-electron chi connectivity index (χ4n) is 4.18. The first-order valence-electron chi connectivity index (χ1n) is 12.5. The highest BCUT2D eigenvalue weighted by molar-refractivity contribution is 6.22. The number of methoxy groups -OCH3 is 4. The fourth-order valence-corrected chi connectivity index (χ4v) is 4.18. The van der Waals surface area contributed by atoms with E-state index in [1.165, 1.54) is 77.0 Å². The van der Waals surface area contributed by atoms with Crippen LogP contribution in [0.25, 0.3) is 0 Å². The summed E-state index contributed by atoms with van der Waals surface area (Å²) in [5.41, 5.74) is 3.39. The molecule has 13 heteroatoms. The monoisotopic (exact) mass is 576 g/mol. The van der Waals surface area contributed by atoms with Crippen molar-refractivity contribution in [2.45, 2.75) is 12.5 Å². The molecule has 1 aliphatic heterocycles. The summed E-state index contributed by atoms with van der Waals surface area (Å²) < 4.78 is 20.2. The summed E-state index contributed by atoms with van der Waals surface area (Å²) in [6.45, 7) is 0. The number of hydrogen-bond donors (Lipinski definition) is 2. The summed E-state index contributed by atoms with van der Waals surface area (Å²) >= 11 is 0. The second-order valence-electron chi connectivity index (χ2n) is 8.90. The van der Waals surface area contributed by atoms with Gasteiger partial charge in [-0.2, -0.15) is 0 Å². The number of carbonyl (C=O) groups excluding carboxylic acids is 5. The van der Waals surface area contributed by atoms with Gasteiger partial charge in [-0.05, 0) is 60.7 Å². The number of esters is 1. The molecule has 0 spiro atoms. The first kappa shape index (κ1) is 29.4. The highest BCUT2D eigenvalue weighted by atomic mass is 16.5. The Morgan fingerprint density at radius 1 is 0.762 bits per heavy atom. The summed E-state index contributed by atoms with van der Waals surface area (Å²) in [7, 11) is 5.57. The van der Waals surface area contributed by atoms with Crippen LogP contribution in [0.1, 0.15) is 27.1 Å². The smallest absolute Gasteiger partial charge is 0.350 e. The highest BCUT2D eigenvalue weighted by Crippen LogP contribution is 2.29. The lowest BCUT2D eigenvalue weighted by molar-refractivity contribution is -0.124. The molecule has 0 saturated carbocycles. The molecule has 0 aromatic heterocycles. The molecule has 0 radical (unpaired) electrons. The number of carbonyl (C=O) groups is 5. The summed E-state index contributed by atoms with van der Waals surface area (Å²) in [5, 5.41) is 3.45. The number of amides is 5. The third-order valence-corrected chi connectivity index (χ3v) is 6.35. The SMILES string of the molecule is COC(=O)c1ccc(NC(=O)C[C@@H]2C(=O)N(c3ccc(OC)cc3)C(=O)N2NC(=O)c2cc(OC)cc(OC)c2)cc1. The van der Waals surface area contributed by atoms with Gasteiger partial charge in [0.2, 0.25) is 5.91 Å². The highest BCUT2D eigenvalue weighted by Gasteiger charge is 2.48. The number of anilines is 2. The molecule has 1 fully saturated rings. The van der Waals surface area contributed by atoms with E-state index in [-0.39, 0.29) is 16.8 Å². The summed E-state index contributed by atoms with van der Waals surface area (Å²) in [4.78, 5) is 65.9. The number of rotatable bonds is 10. The van der Waals surface area contributed by atoms with E-state index in [4.69, 9.17) is 14.2 Å². The van der Waals surface area contributed by atoms with Crippen LogP contribution in [-0.2, 0) is 14.3 Å².